The van der Waals surface area contributed by atoms with Crippen LogP contribution in [0.4, 0.5) is 11.5 Å². The normalized spacial score (nSPS) is 10.0. The lowest BCUT2D eigenvalue weighted by Crippen LogP contribution is -2.32. The predicted molar refractivity (Wildman–Crippen MR) is 84.3 cm³/mol. The lowest BCUT2D eigenvalue weighted by molar-refractivity contribution is -0.598. The Kier molecular flexibility index (Phi) is 6.59. The van der Waals surface area contributed by atoms with Gasteiger partial charge in [-0.05, 0) is 17.1 Å². The highest BCUT2D eigenvalue weighted by Gasteiger charge is 2.19. The Bertz CT molecular complexity index is 681. The maximum absolute atomic E-state index is 10.9. The number of carbonyl (C=O) groups is 2. The van der Waals surface area contributed by atoms with Crippen LogP contribution in [0.25, 0.3) is 5.82 Å². The summed E-state index contributed by atoms with van der Waals surface area (Å²) in [7, 11) is 0. The molecule has 2 aromatic rings. The van der Waals surface area contributed by atoms with Gasteiger partial charge in [-0.25, -0.2) is 4.57 Å². The van der Waals surface area contributed by atoms with Crippen molar-refractivity contribution in [1.29, 1.82) is 0 Å². The first-order valence-corrected chi connectivity index (χ1v) is 7.19. The first-order valence-electron chi connectivity index (χ1n) is 7.19. The summed E-state index contributed by atoms with van der Waals surface area (Å²) in [6, 6.07) is 5.57. The van der Waals surface area contributed by atoms with Gasteiger partial charge in [-0.15, -0.1) is 0 Å². The first kappa shape index (κ1) is 17.3. The summed E-state index contributed by atoms with van der Waals surface area (Å²) in [6.45, 7) is 1.88. The average molecular weight is 332 g/mol. The third-order valence-corrected chi connectivity index (χ3v) is 2.87. The van der Waals surface area contributed by atoms with E-state index in [1.807, 2.05) is 18.2 Å². The van der Waals surface area contributed by atoms with Crippen LogP contribution in [0.2, 0.25) is 0 Å². The SMILES string of the molecule is CC(=O)OCCOCNc1ncnc(-[n+]2ccccc2)c1NC=O. The number of anilines is 2. The van der Waals surface area contributed by atoms with Gasteiger partial charge in [-0.2, -0.15) is 4.98 Å². The van der Waals surface area contributed by atoms with Crippen molar-refractivity contribution in [1.82, 2.24) is 9.97 Å². The van der Waals surface area contributed by atoms with E-state index in [9.17, 15) is 9.59 Å². The minimum absolute atomic E-state index is 0.130. The average Bonchev–Trinajstić information content (AvgIpc) is 2.60. The molecule has 0 unspecified atom stereocenters. The van der Waals surface area contributed by atoms with Crippen LogP contribution in [0.1, 0.15) is 6.92 Å². The van der Waals surface area contributed by atoms with Gasteiger partial charge in [-0.1, -0.05) is 6.07 Å². The Balaban J connectivity index is 2.04. The zero-order valence-corrected chi connectivity index (χ0v) is 13.1. The van der Waals surface area contributed by atoms with Crippen molar-refractivity contribution < 1.29 is 23.6 Å². The van der Waals surface area contributed by atoms with Crippen LogP contribution in [-0.4, -0.2) is 42.3 Å². The molecule has 0 aliphatic heterocycles. The summed E-state index contributed by atoms with van der Waals surface area (Å²) in [5.74, 6) is 0.570. The third kappa shape index (κ3) is 4.99. The van der Waals surface area contributed by atoms with E-state index >= 15 is 0 Å². The molecule has 1 amide bonds. The molecular weight excluding hydrogens is 314 g/mol. The summed E-state index contributed by atoms with van der Waals surface area (Å²) in [5, 5.41) is 5.54. The minimum Gasteiger partial charge on any atom is -0.463 e. The molecule has 9 heteroatoms. The van der Waals surface area contributed by atoms with Crippen LogP contribution in [0.5, 0.6) is 0 Å². The van der Waals surface area contributed by atoms with Crippen LogP contribution >= 0.6 is 0 Å². The van der Waals surface area contributed by atoms with Crippen molar-refractivity contribution in [2.45, 2.75) is 6.92 Å². The molecule has 126 valence electrons. The number of aromatic nitrogens is 3. The Hall–Kier alpha value is -3.07. The highest BCUT2D eigenvalue weighted by molar-refractivity contribution is 5.82. The van der Waals surface area contributed by atoms with Crippen molar-refractivity contribution in [2.75, 3.05) is 30.6 Å². The fourth-order valence-electron chi connectivity index (χ4n) is 1.87. The van der Waals surface area contributed by atoms with Gasteiger partial charge in [0.1, 0.15) is 13.3 Å². The van der Waals surface area contributed by atoms with Crippen molar-refractivity contribution >= 4 is 23.9 Å². The van der Waals surface area contributed by atoms with Gasteiger partial charge in [0.2, 0.25) is 12.7 Å². The van der Waals surface area contributed by atoms with E-state index in [1.54, 1.807) is 17.0 Å². The number of hydrogen-bond acceptors (Lipinski definition) is 7. The molecule has 0 spiro atoms. The maximum atomic E-state index is 10.9. The van der Waals surface area contributed by atoms with E-state index in [0.717, 1.165) is 0 Å². The molecule has 2 aromatic heterocycles. The summed E-state index contributed by atoms with van der Waals surface area (Å²) < 4.78 is 11.8. The Labute approximate surface area is 138 Å². The number of rotatable bonds is 9. The molecule has 24 heavy (non-hydrogen) atoms. The lowest BCUT2D eigenvalue weighted by atomic mass is 10.4. The monoisotopic (exact) mass is 332 g/mol. The molecule has 0 aliphatic carbocycles. The van der Waals surface area contributed by atoms with E-state index in [0.29, 0.717) is 23.7 Å². The molecule has 0 aromatic carbocycles. The zero-order chi connectivity index (χ0) is 17.2. The number of nitrogens with one attached hydrogen (secondary N) is 2. The van der Waals surface area contributed by atoms with Crippen LogP contribution < -0.4 is 15.2 Å². The molecule has 0 saturated carbocycles. The van der Waals surface area contributed by atoms with Crippen molar-refractivity contribution in [3.05, 3.63) is 36.9 Å². The van der Waals surface area contributed by atoms with Gasteiger partial charge in [0, 0.05) is 6.92 Å². The molecule has 2 rings (SSSR count). The van der Waals surface area contributed by atoms with Crippen LogP contribution in [-0.2, 0) is 19.1 Å². The number of ether oxygens (including phenoxy) is 2. The van der Waals surface area contributed by atoms with Crippen LogP contribution in [0.3, 0.4) is 0 Å². The van der Waals surface area contributed by atoms with E-state index in [4.69, 9.17) is 9.47 Å². The first-order chi connectivity index (χ1) is 11.7. The number of hydrogen-bond donors (Lipinski definition) is 2. The molecule has 0 bridgehead atoms. The van der Waals surface area contributed by atoms with E-state index in [-0.39, 0.29) is 25.9 Å². The lowest BCUT2D eigenvalue weighted by Gasteiger charge is -2.10. The quantitative estimate of drug-likeness (QED) is 0.223. The maximum Gasteiger partial charge on any atom is 0.357 e. The molecular formula is C15H18N5O4+. The Morgan fingerprint density at radius 3 is 2.75 bits per heavy atom. The second-order valence-electron chi connectivity index (χ2n) is 4.54. The molecule has 0 radical (unpaired) electrons. The molecule has 2 heterocycles. The van der Waals surface area contributed by atoms with Crippen molar-refractivity contribution in [2.24, 2.45) is 0 Å². The number of pyridine rings is 1. The smallest absolute Gasteiger partial charge is 0.357 e. The van der Waals surface area contributed by atoms with E-state index in [2.05, 4.69) is 20.6 Å². The second-order valence-corrected chi connectivity index (χ2v) is 4.54. The zero-order valence-electron chi connectivity index (χ0n) is 13.1. The van der Waals surface area contributed by atoms with Crippen LogP contribution in [0.15, 0.2) is 36.9 Å². The number of nitrogens with zero attached hydrogens (tertiary/aromatic N) is 3. The fraction of sp³-hybridized carbons (Fsp3) is 0.267. The predicted octanol–water partition coefficient (Wildman–Crippen LogP) is 0.271. The van der Waals surface area contributed by atoms with Crippen LogP contribution in [0, 0.1) is 0 Å². The molecule has 2 N–H and O–H groups in total. The standard InChI is InChI=1S/C15H17N5O4/c1-12(22)24-8-7-23-11-19-14-13(18-10-21)15(17-9-16-14)20-5-3-2-4-6-20/h2-6,9-10H,7-8,11H2,1H3,(H-,16,17,18,19,21)/p+1. The summed E-state index contributed by atoms with van der Waals surface area (Å²) in [4.78, 5) is 29.8. The highest BCUT2D eigenvalue weighted by atomic mass is 16.6. The van der Waals surface area contributed by atoms with Gasteiger partial charge in [0.25, 0.3) is 0 Å². The van der Waals surface area contributed by atoms with Gasteiger partial charge in [0.05, 0.1) is 19.0 Å². The fourth-order valence-corrected chi connectivity index (χ4v) is 1.87. The van der Waals surface area contributed by atoms with E-state index < -0.39 is 0 Å². The molecule has 0 atom stereocenters. The van der Waals surface area contributed by atoms with Crippen molar-refractivity contribution in [3.8, 4) is 5.82 Å². The Morgan fingerprint density at radius 2 is 2.04 bits per heavy atom. The van der Waals surface area contributed by atoms with Gasteiger partial charge >= 0.3 is 11.8 Å². The second kappa shape index (κ2) is 9.16. The van der Waals surface area contributed by atoms with Crippen molar-refractivity contribution in [3.63, 3.8) is 0 Å². The largest absolute Gasteiger partial charge is 0.463 e. The summed E-state index contributed by atoms with van der Waals surface area (Å²) >= 11 is 0. The van der Waals surface area contributed by atoms with E-state index in [1.165, 1.54) is 13.3 Å². The molecule has 0 fully saturated rings. The van der Waals surface area contributed by atoms with Gasteiger partial charge in [-0.3, -0.25) is 9.59 Å². The molecule has 9 nitrogen and oxygen atoms in total. The topological polar surface area (TPSA) is 106 Å². The molecule has 0 aliphatic rings. The van der Waals surface area contributed by atoms with Gasteiger partial charge in [0.15, 0.2) is 11.5 Å². The third-order valence-electron chi connectivity index (χ3n) is 2.87. The summed E-state index contributed by atoms with van der Waals surface area (Å²) in [5.41, 5.74) is 0.423. The number of esters is 1. The molecule has 0 saturated heterocycles. The summed E-state index contributed by atoms with van der Waals surface area (Å²) in [6.07, 6.45) is 5.54. The number of carbonyl (C=O) groups excluding carboxylic acids is 2. The number of amides is 1. The highest BCUT2D eigenvalue weighted by Crippen LogP contribution is 2.21. The minimum atomic E-state index is -0.357. The Morgan fingerprint density at radius 1 is 1.25 bits per heavy atom. The van der Waals surface area contributed by atoms with Gasteiger partial charge < -0.3 is 20.1 Å².